The molecule has 2 aliphatic rings. The summed E-state index contributed by atoms with van der Waals surface area (Å²) in [5.41, 5.74) is 0.622. The number of para-hydroxylation sites is 1. The molecule has 0 saturated carbocycles. The van der Waals surface area contributed by atoms with Gasteiger partial charge in [-0.25, -0.2) is 0 Å². The van der Waals surface area contributed by atoms with Crippen LogP contribution in [0.5, 0.6) is 0 Å². The Balaban J connectivity index is 1.73. The molecule has 8 heteroatoms. The van der Waals surface area contributed by atoms with Gasteiger partial charge in [0.1, 0.15) is 0 Å². The number of hydrogen-bond acceptors (Lipinski definition) is 4. The van der Waals surface area contributed by atoms with Crippen molar-refractivity contribution in [3.8, 4) is 0 Å². The number of fused-ring (bicyclic) bond motifs is 3. The largest absolute Gasteiger partial charge is 0.326 e. The predicted molar refractivity (Wildman–Crippen MR) is 121 cm³/mol. The fraction of sp³-hybridized carbons (Fsp3) is 0.333. The van der Waals surface area contributed by atoms with E-state index in [0.29, 0.717) is 29.2 Å². The van der Waals surface area contributed by atoms with Gasteiger partial charge in [0.25, 0.3) is 11.8 Å². The van der Waals surface area contributed by atoms with Crippen LogP contribution in [0.15, 0.2) is 48.5 Å². The zero-order chi connectivity index (χ0) is 22.9. The molecule has 0 aliphatic carbocycles. The van der Waals surface area contributed by atoms with Gasteiger partial charge in [-0.15, -0.1) is 0 Å². The highest BCUT2D eigenvalue weighted by atomic mass is 16.2. The van der Waals surface area contributed by atoms with Crippen LogP contribution < -0.4 is 15.5 Å². The van der Waals surface area contributed by atoms with Gasteiger partial charge in [-0.05, 0) is 42.8 Å². The number of carbonyl (C=O) groups excluding carboxylic acids is 4. The SMILES string of the molecule is CCCCN1C(=O)c2ccccc2N2C(=O)CCC12C(=O)Nc1ccc(NC(C)=O)cc1. The summed E-state index contributed by atoms with van der Waals surface area (Å²) in [6, 6.07) is 13.7. The van der Waals surface area contributed by atoms with Crippen molar-refractivity contribution in [2.45, 2.75) is 45.2 Å². The number of rotatable bonds is 6. The minimum atomic E-state index is -1.41. The van der Waals surface area contributed by atoms with E-state index in [2.05, 4.69) is 10.6 Å². The molecule has 1 atom stereocenters. The second-order valence-electron chi connectivity index (χ2n) is 8.09. The molecule has 8 nitrogen and oxygen atoms in total. The van der Waals surface area contributed by atoms with Gasteiger partial charge >= 0.3 is 0 Å². The first-order chi connectivity index (χ1) is 15.4. The Labute approximate surface area is 186 Å². The maximum Gasteiger partial charge on any atom is 0.271 e. The van der Waals surface area contributed by atoms with Crippen molar-refractivity contribution >= 4 is 40.7 Å². The highest BCUT2D eigenvalue weighted by Crippen LogP contribution is 2.45. The molecule has 1 saturated heterocycles. The molecular formula is C24H26N4O4. The number of amides is 4. The number of carbonyl (C=O) groups is 4. The molecule has 1 fully saturated rings. The molecule has 2 aliphatic heterocycles. The van der Waals surface area contributed by atoms with Crippen molar-refractivity contribution in [1.82, 2.24) is 4.90 Å². The van der Waals surface area contributed by atoms with Crippen molar-refractivity contribution < 1.29 is 19.2 Å². The topological polar surface area (TPSA) is 98.8 Å². The third kappa shape index (κ3) is 3.51. The van der Waals surface area contributed by atoms with Crippen LogP contribution in [0.3, 0.4) is 0 Å². The minimum Gasteiger partial charge on any atom is -0.326 e. The predicted octanol–water partition coefficient (Wildman–Crippen LogP) is 3.36. The standard InChI is InChI=1S/C24H26N4O4/c1-3-4-15-27-22(31)19-7-5-6-8-20(19)28-21(30)13-14-24(27,28)23(32)26-18-11-9-17(10-12-18)25-16(2)29/h5-12H,3-4,13-15H2,1-2H3,(H,25,29)(H,26,32). The second kappa shape index (κ2) is 8.45. The third-order valence-electron chi connectivity index (χ3n) is 5.94. The van der Waals surface area contributed by atoms with Crippen molar-refractivity contribution in [3.05, 3.63) is 54.1 Å². The number of hydrogen-bond donors (Lipinski definition) is 2. The molecule has 0 bridgehead atoms. The van der Waals surface area contributed by atoms with Gasteiger partial charge in [0.15, 0.2) is 0 Å². The first-order valence-corrected chi connectivity index (χ1v) is 10.8. The van der Waals surface area contributed by atoms with Gasteiger partial charge in [-0.2, -0.15) is 0 Å². The Morgan fingerprint density at radius 3 is 2.31 bits per heavy atom. The smallest absolute Gasteiger partial charge is 0.271 e. The summed E-state index contributed by atoms with van der Waals surface area (Å²) >= 11 is 0. The molecule has 0 aromatic heterocycles. The summed E-state index contributed by atoms with van der Waals surface area (Å²) < 4.78 is 0. The van der Waals surface area contributed by atoms with E-state index >= 15 is 0 Å². The van der Waals surface area contributed by atoms with Gasteiger partial charge in [-0.3, -0.25) is 24.1 Å². The van der Waals surface area contributed by atoms with Crippen molar-refractivity contribution in [1.29, 1.82) is 0 Å². The molecule has 1 unspecified atom stereocenters. The molecule has 2 N–H and O–H groups in total. The average Bonchev–Trinajstić information content (AvgIpc) is 3.13. The van der Waals surface area contributed by atoms with Crippen LogP contribution in [0, 0.1) is 0 Å². The maximum absolute atomic E-state index is 13.7. The molecule has 166 valence electrons. The van der Waals surface area contributed by atoms with Crippen LogP contribution >= 0.6 is 0 Å². The van der Waals surface area contributed by atoms with Crippen LogP contribution in [0.2, 0.25) is 0 Å². The van der Waals surface area contributed by atoms with E-state index in [4.69, 9.17) is 0 Å². The molecule has 0 radical (unpaired) electrons. The fourth-order valence-corrected chi connectivity index (χ4v) is 4.48. The molecule has 2 heterocycles. The van der Waals surface area contributed by atoms with E-state index in [-0.39, 0.29) is 30.6 Å². The molecule has 2 aromatic carbocycles. The summed E-state index contributed by atoms with van der Waals surface area (Å²) in [5, 5.41) is 5.57. The van der Waals surface area contributed by atoms with Crippen LogP contribution in [0.25, 0.3) is 0 Å². The van der Waals surface area contributed by atoms with Crippen LogP contribution in [0.1, 0.15) is 49.9 Å². The molecule has 32 heavy (non-hydrogen) atoms. The van der Waals surface area contributed by atoms with Gasteiger partial charge in [-0.1, -0.05) is 25.5 Å². The Morgan fingerprint density at radius 1 is 1.00 bits per heavy atom. The summed E-state index contributed by atoms with van der Waals surface area (Å²) in [4.78, 5) is 54.5. The lowest BCUT2D eigenvalue weighted by Crippen LogP contribution is -2.69. The summed E-state index contributed by atoms with van der Waals surface area (Å²) in [6.07, 6.45) is 1.97. The number of unbranched alkanes of at least 4 members (excludes halogenated alkanes) is 1. The quantitative estimate of drug-likeness (QED) is 0.728. The number of benzene rings is 2. The lowest BCUT2D eigenvalue weighted by Gasteiger charge is -2.49. The molecule has 0 spiro atoms. The molecule has 4 amide bonds. The Hall–Kier alpha value is -3.68. The van der Waals surface area contributed by atoms with Crippen molar-refractivity contribution in [3.63, 3.8) is 0 Å². The zero-order valence-corrected chi connectivity index (χ0v) is 18.2. The Morgan fingerprint density at radius 2 is 1.66 bits per heavy atom. The van der Waals surface area contributed by atoms with Crippen LogP contribution in [0.4, 0.5) is 17.1 Å². The lowest BCUT2D eigenvalue weighted by atomic mass is 9.95. The Kier molecular flexibility index (Phi) is 5.69. The lowest BCUT2D eigenvalue weighted by molar-refractivity contribution is -0.129. The highest BCUT2D eigenvalue weighted by molar-refractivity contribution is 6.18. The summed E-state index contributed by atoms with van der Waals surface area (Å²) in [5.74, 6) is -1.03. The van der Waals surface area contributed by atoms with E-state index in [9.17, 15) is 19.2 Å². The van der Waals surface area contributed by atoms with E-state index in [1.54, 1.807) is 53.4 Å². The van der Waals surface area contributed by atoms with Crippen LogP contribution in [-0.4, -0.2) is 40.7 Å². The Bertz CT molecular complexity index is 1080. The maximum atomic E-state index is 13.7. The number of anilines is 3. The summed E-state index contributed by atoms with van der Waals surface area (Å²) in [7, 11) is 0. The highest BCUT2D eigenvalue weighted by Gasteiger charge is 2.60. The third-order valence-corrected chi connectivity index (χ3v) is 5.94. The van der Waals surface area contributed by atoms with E-state index in [1.807, 2.05) is 6.92 Å². The first kappa shape index (κ1) is 21.5. The van der Waals surface area contributed by atoms with Crippen molar-refractivity contribution in [2.24, 2.45) is 0 Å². The monoisotopic (exact) mass is 434 g/mol. The average molecular weight is 434 g/mol. The first-order valence-electron chi connectivity index (χ1n) is 10.8. The molecule has 2 aromatic rings. The van der Waals surface area contributed by atoms with Crippen LogP contribution in [-0.2, 0) is 14.4 Å². The normalized spacial score (nSPS) is 19.4. The van der Waals surface area contributed by atoms with E-state index in [0.717, 1.165) is 12.8 Å². The molecule has 4 rings (SSSR count). The van der Waals surface area contributed by atoms with Gasteiger partial charge < -0.3 is 15.5 Å². The van der Waals surface area contributed by atoms with E-state index < -0.39 is 11.6 Å². The fourth-order valence-electron chi connectivity index (χ4n) is 4.48. The van der Waals surface area contributed by atoms with Gasteiger partial charge in [0, 0.05) is 37.7 Å². The molecular weight excluding hydrogens is 408 g/mol. The van der Waals surface area contributed by atoms with Gasteiger partial charge in [0.05, 0.1) is 11.3 Å². The minimum absolute atomic E-state index is 0.178. The van der Waals surface area contributed by atoms with Gasteiger partial charge in [0.2, 0.25) is 17.5 Å². The number of nitrogens with zero attached hydrogens (tertiary/aromatic N) is 2. The zero-order valence-electron chi connectivity index (χ0n) is 18.2. The second-order valence-corrected chi connectivity index (χ2v) is 8.09. The van der Waals surface area contributed by atoms with Crippen molar-refractivity contribution in [2.75, 3.05) is 22.1 Å². The summed E-state index contributed by atoms with van der Waals surface area (Å²) in [6.45, 7) is 3.81. The number of nitrogens with one attached hydrogen (secondary N) is 2. The van der Waals surface area contributed by atoms with E-state index in [1.165, 1.54) is 11.8 Å².